The summed E-state index contributed by atoms with van der Waals surface area (Å²) in [5.41, 5.74) is 3.79. The van der Waals surface area contributed by atoms with E-state index in [1.165, 1.54) is 11.1 Å². The van der Waals surface area contributed by atoms with Gasteiger partial charge in [-0.15, -0.1) is 0 Å². The van der Waals surface area contributed by atoms with E-state index >= 15 is 0 Å². The summed E-state index contributed by atoms with van der Waals surface area (Å²) < 4.78 is 1.72. The molecule has 0 atom stereocenters. The lowest BCUT2D eigenvalue weighted by Gasteiger charge is -2.35. The molecular formula is C18H24N4O. The summed E-state index contributed by atoms with van der Waals surface area (Å²) >= 11 is 0. The third kappa shape index (κ3) is 3.99. The Kier molecular flexibility index (Phi) is 4.76. The Labute approximate surface area is 137 Å². The molecule has 1 aromatic heterocycles. The van der Waals surface area contributed by atoms with Crippen LogP contribution in [0, 0.1) is 13.8 Å². The van der Waals surface area contributed by atoms with Gasteiger partial charge in [-0.1, -0.05) is 24.3 Å². The molecule has 2 aromatic rings. The number of hydrogen-bond donors (Lipinski definition) is 0. The molecule has 5 heteroatoms. The molecule has 1 aliphatic heterocycles. The monoisotopic (exact) mass is 312 g/mol. The zero-order chi connectivity index (χ0) is 16.2. The number of aryl methyl sites for hydroxylation is 2. The van der Waals surface area contributed by atoms with E-state index in [0.717, 1.165) is 38.3 Å². The molecule has 5 nitrogen and oxygen atoms in total. The second kappa shape index (κ2) is 6.96. The largest absolute Gasteiger partial charge is 0.339 e. The van der Waals surface area contributed by atoms with Gasteiger partial charge in [0.05, 0.1) is 6.20 Å². The van der Waals surface area contributed by atoms with Crippen LogP contribution in [-0.4, -0.2) is 51.7 Å². The third-order valence-corrected chi connectivity index (χ3v) is 4.44. The van der Waals surface area contributed by atoms with Crippen LogP contribution in [-0.2, 0) is 17.9 Å². The molecule has 1 fully saturated rings. The fourth-order valence-electron chi connectivity index (χ4n) is 2.98. The van der Waals surface area contributed by atoms with Crippen molar-refractivity contribution in [2.75, 3.05) is 26.2 Å². The number of piperazine rings is 1. The third-order valence-electron chi connectivity index (χ3n) is 4.44. The van der Waals surface area contributed by atoms with Crippen LogP contribution >= 0.6 is 0 Å². The van der Waals surface area contributed by atoms with E-state index in [1.807, 2.05) is 18.0 Å². The predicted molar refractivity (Wildman–Crippen MR) is 90.0 cm³/mol. The van der Waals surface area contributed by atoms with Crippen LogP contribution in [0.2, 0.25) is 0 Å². The van der Waals surface area contributed by atoms with E-state index in [-0.39, 0.29) is 5.91 Å². The van der Waals surface area contributed by atoms with Gasteiger partial charge in [0.1, 0.15) is 6.54 Å². The van der Waals surface area contributed by atoms with Gasteiger partial charge in [0.15, 0.2) is 0 Å². The summed E-state index contributed by atoms with van der Waals surface area (Å²) in [4.78, 5) is 16.7. The number of carbonyl (C=O) groups is 1. The van der Waals surface area contributed by atoms with Crippen molar-refractivity contribution in [1.82, 2.24) is 19.6 Å². The Morgan fingerprint density at radius 1 is 1.13 bits per heavy atom. The first-order chi connectivity index (χ1) is 11.1. The van der Waals surface area contributed by atoms with Gasteiger partial charge in [-0.2, -0.15) is 5.10 Å². The molecule has 2 heterocycles. The van der Waals surface area contributed by atoms with Crippen molar-refractivity contribution in [1.29, 1.82) is 0 Å². The lowest BCUT2D eigenvalue weighted by molar-refractivity contribution is -0.133. The van der Waals surface area contributed by atoms with Crippen LogP contribution in [0.5, 0.6) is 0 Å². The molecule has 1 saturated heterocycles. The molecule has 1 aromatic carbocycles. The van der Waals surface area contributed by atoms with Gasteiger partial charge in [0, 0.05) is 38.9 Å². The van der Waals surface area contributed by atoms with E-state index < -0.39 is 0 Å². The van der Waals surface area contributed by atoms with Gasteiger partial charge in [-0.05, 0) is 30.5 Å². The molecule has 0 unspecified atom stereocenters. The number of hydrogen-bond acceptors (Lipinski definition) is 3. The molecule has 0 bridgehead atoms. The zero-order valence-electron chi connectivity index (χ0n) is 13.9. The average molecular weight is 312 g/mol. The number of benzene rings is 1. The summed E-state index contributed by atoms with van der Waals surface area (Å²) in [6.45, 7) is 8.89. The van der Waals surface area contributed by atoms with Crippen LogP contribution in [0.25, 0.3) is 0 Å². The van der Waals surface area contributed by atoms with Crippen LogP contribution in [0.15, 0.2) is 36.7 Å². The van der Waals surface area contributed by atoms with E-state index in [0.29, 0.717) is 6.54 Å². The number of rotatable bonds is 4. The fraction of sp³-hybridized carbons (Fsp3) is 0.444. The first-order valence-corrected chi connectivity index (χ1v) is 8.15. The van der Waals surface area contributed by atoms with Gasteiger partial charge in [0.25, 0.3) is 0 Å². The molecule has 0 aliphatic carbocycles. The first kappa shape index (κ1) is 15.7. The van der Waals surface area contributed by atoms with Crippen molar-refractivity contribution < 1.29 is 4.79 Å². The number of aromatic nitrogens is 2. The highest BCUT2D eigenvalue weighted by molar-refractivity contribution is 5.76. The highest BCUT2D eigenvalue weighted by atomic mass is 16.2. The van der Waals surface area contributed by atoms with Crippen molar-refractivity contribution in [3.05, 3.63) is 53.3 Å². The van der Waals surface area contributed by atoms with Crippen LogP contribution in [0.1, 0.15) is 16.7 Å². The van der Waals surface area contributed by atoms with Gasteiger partial charge in [0.2, 0.25) is 5.91 Å². The van der Waals surface area contributed by atoms with E-state index in [2.05, 4.69) is 41.2 Å². The summed E-state index contributed by atoms with van der Waals surface area (Å²) in [5.74, 6) is 0.156. The molecule has 3 rings (SSSR count). The Morgan fingerprint density at radius 3 is 2.52 bits per heavy atom. The molecule has 0 radical (unpaired) electrons. The lowest BCUT2D eigenvalue weighted by atomic mass is 10.1. The molecule has 0 spiro atoms. The minimum atomic E-state index is 0.156. The summed E-state index contributed by atoms with van der Waals surface area (Å²) in [5, 5.41) is 4.19. The zero-order valence-corrected chi connectivity index (χ0v) is 13.9. The average Bonchev–Trinajstić information content (AvgIpc) is 2.95. The van der Waals surface area contributed by atoms with Crippen molar-refractivity contribution in [3.63, 3.8) is 0 Å². The summed E-state index contributed by atoms with van der Waals surface area (Å²) in [7, 11) is 0. The number of carbonyl (C=O) groups excluding carboxylic acids is 1. The van der Waals surface area contributed by atoms with Crippen LogP contribution in [0.4, 0.5) is 0 Å². The van der Waals surface area contributed by atoms with Gasteiger partial charge in [-0.25, -0.2) is 0 Å². The Hall–Kier alpha value is -2.14. The smallest absolute Gasteiger partial charge is 0.244 e. The van der Waals surface area contributed by atoms with Gasteiger partial charge in [-0.3, -0.25) is 14.4 Å². The molecule has 0 saturated carbocycles. The van der Waals surface area contributed by atoms with Crippen molar-refractivity contribution in [3.8, 4) is 0 Å². The Bertz CT molecular complexity index is 671. The number of amides is 1. The topological polar surface area (TPSA) is 41.4 Å². The maximum Gasteiger partial charge on any atom is 0.244 e. The maximum absolute atomic E-state index is 12.3. The second-order valence-electron chi connectivity index (χ2n) is 6.30. The van der Waals surface area contributed by atoms with Crippen molar-refractivity contribution in [2.45, 2.75) is 26.9 Å². The maximum atomic E-state index is 12.3. The summed E-state index contributed by atoms with van der Waals surface area (Å²) in [6.07, 6.45) is 3.69. The second-order valence-corrected chi connectivity index (χ2v) is 6.30. The van der Waals surface area contributed by atoms with E-state index in [1.54, 1.807) is 10.9 Å². The summed E-state index contributed by atoms with van der Waals surface area (Å²) in [6, 6.07) is 8.51. The quantitative estimate of drug-likeness (QED) is 0.865. The fourth-order valence-corrected chi connectivity index (χ4v) is 2.98. The van der Waals surface area contributed by atoms with Crippen molar-refractivity contribution >= 4 is 5.91 Å². The molecule has 0 N–H and O–H groups in total. The molecule has 1 amide bonds. The van der Waals surface area contributed by atoms with Gasteiger partial charge >= 0.3 is 0 Å². The highest BCUT2D eigenvalue weighted by Crippen LogP contribution is 2.12. The molecular weight excluding hydrogens is 288 g/mol. The minimum Gasteiger partial charge on any atom is -0.339 e. The highest BCUT2D eigenvalue weighted by Gasteiger charge is 2.21. The van der Waals surface area contributed by atoms with Crippen LogP contribution < -0.4 is 0 Å². The Balaban J connectivity index is 1.50. The SMILES string of the molecule is Cc1cnn(CC(=O)N2CCN(Cc3ccccc3C)CC2)c1. The molecule has 1 aliphatic rings. The lowest BCUT2D eigenvalue weighted by Crippen LogP contribution is -2.49. The Morgan fingerprint density at radius 2 is 1.87 bits per heavy atom. The minimum absolute atomic E-state index is 0.156. The molecule has 122 valence electrons. The first-order valence-electron chi connectivity index (χ1n) is 8.15. The van der Waals surface area contributed by atoms with E-state index in [4.69, 9.17) is 0 Å². The van der Waals surface area contributed by atoms with Crippen molar-refractivity contribution in [2.24, 2.45) is 0 Å². The standard InChI is InChI=1S/C18H24N4O/c1-15-11-19-22(12-15)14-18(23)21-9-7-20(8-10-21)13-17-6-4-3-5-16(17)2/h3-6,11-12H,7-10,13-14H2,1-2H3. The number of nitrogens with zero attached hydrogens (tertiary/aromatic N) is 4. The van der Waals surface area contributed by atoms with Gasteiger partial charge < -0.3 is 4.90 Å². The molecule has 23 heavy (non-hydrogen) atoms. The normalized spacial score (nSPS) is 15.8. The van der Waals surface area contributed by atoms with E-state index in [9.17, 15) is 4.79 Å². The van der Waals surface area contributed by atoms with Crippen LogP contribution in [0.3, 0.4) is 0 Å². The predicted octanol–water partition coefficient (Wildman–Crippen LogP) is 1.84.